The third kappa shape index (κ3) is 6.29. The second-order valence-corrected chi connectivity index (χ2v) is 2.93. The minimum Gasteiger partial charge on any atom is -0.316 e. The largest absolute Gasteiger partial charge is 0.316 e. The molecule has 0 unspecified atom stereocenters. The molecule has 0 aromatic heterocycles. The molecule has 1 nitrogen and oxygen atoms in total. The van der Waals surface area contributed by atoms with Crippen LogP contribution in [-0.4, -0.2) is 19.8 Å². The summed E-state index contributed by atoms with van der Waals surface area (Å²) in [6.07, 6.45) is 3.10. The number of rotatable bonds is 7. The molecule has 0 rings (SSSR count). The van der Waals surface area contributed by atoms with Gasteiger partial charge in [0.1, 0.15) is 0 Å². The molecule has 0 saturated carbocycles. The first kappa shape index (κ1) is 10.9. The van der Waals surface area contributed by atoms with E-state index < -0.39 is 0 Å². The Morgan fingerprint density at radius 1 is 1.27 bits per heavy atom. The minimum atomic E-state index is -0.198. The predicted octanol–water partition coefficient (Wildman–Crippen LogP) is 2.37. The van der Waals surface area contributed by atoms with Gasteiger partial charge in [-0.1, -0.05) is 26.7 Å². The Bertz CT molecular complexity index is 72.0. The summed E-state index contributed by atoms with van der Waals surface area (Å²) in [4.78, 5) is 0. The van der Waals surface area contributed by atoms with E-state index in [1.165, 1.54) is 12.8 Å². The molecule has 0 bridgehead atoms. The summed E-state index contributed by atoms with van der Waals surface area (Å²) in [5.74, 6) is 0.773. The molecule has 0 aliphatic rings. The quantitative estimate of drug-likeness (QED) is 0.565. The first-order chi connectivity index (χ1) is 5.35. The average Bonchev–Trinajstić information content (AvgIpc) is 2.05. The molecule has 0 fully saturated rings. The van der Waals surface area contributed by atoms with Crippen molar-refractivity contribution in [2.24, 2.45) is 5.92 Å². The molecular weight excluding hydrogens is 141 g/mol. The van der Waals surface area contributed by atoms with E-state index in [0.717, 1.165) is 19.0 Å². The van der Waals surface area contributed by atoms with Gasteiger partial charge in [-0.15, -0.1) is 0 Å². The number of halogens is 1. The molecule has 0 aliphatic heterocycles. The number of nitrogens with one attached hydrogen (secondary N) is 1. The topological polar surface area (TPSA) is 12.0 Å². The van der Waals surface area contributed by atoms with Crippen LogP contribution in [0.15, 0.2) is 0 Å². The summed E-state index contributed by atoms with van der Waals surface area (Å²) in [7, 11) is 0. The van der Waals surface area contributed by atoms with Crippen LogP contribution in [0.3, 0.4) is 0 Å². The van der Waals surface area contributed by atoms with E-state index >= 15 is 0 Å². The summed E-state index contributed by atoms with van der Waals surface area (Å²) in [6.45, 7) is 6.08. The zero-order valence-electron chi connectivity index (χ0n) is 7.70. The van der Waals surface area contributed by atoms with Gasteiger partial charge in [0.15, 0.2) is 0 Å². The zero-order valence-corrected chi connectivity index (χ0v) is 7.70. The minimum absolute atomic E-state index is 0.198. The summed E-state index contributed by atoms with van der Waals surface area (Å²) < 4.78 is 11.6. The first-order valence-electron chi connectivity index (χ1n) is 4.61. The van der Waals surface area contributed by atoms with Gasteiger partial charge in [-0.3, -0.25) is 4.39 Å². The molecule has 68 valence electrons. The molecule has 0 radical (unpaired) electrons. The molecule has 1 N–H and O–H groups in total. The molecule has 0 aliphatic carbocycles. The van der Waals surface area contributed by atoms with Crippen molar-refractivity contribution >= 4 is 0 Å². The van der Waals surface area contributed by atoms with E-state index in [-0.39, 0.29) is 6.67 Å². The van der Waals surface area contributed by atoms with E-state index in [1.54, 1.807) is 0 Å². The van der Waals surface area contributed by atoms with Crippen molar-refractivity contribution in [2.45, 2.75) is 33.1 Å². The Hall–Kier alpha value is -0.110. The van der Waals surface area contributed by atoms with Crippen molar-refractivity contribution in [3.05, 3.63) is 0 Å². The van der Waals surface area contributed by atoms with Crippen LogP contribution in [0.2, 0.25) is 0 Å². The summed E-state index contributed by atoms with van der Waals surface area (Å²) in [6, 6.07) is 0. The van der Waals surface area contributed by atoms with Crippen molar-refractivity contribution in [1.82, 2.24) is 5.32 Å². The highest BCUT2D eigenvalue weighted by molar-refractivity contribution is 4.57. The van der Waals surface area contributed by atoms with Crippen molar-refractivity contribution < 1.29 is 4.39 Å². The lowest BCUT2D eigenvalue weighted by Gasteiger charge is -2.12. The molecule has 0 aromatic carbocycles. The number of hydrogen-bond acceptors (Lipinski definition) is 1. The molecule has 0 heterocycles. The second-order valence-electron chi connectivity index (χ2n) is 2.93. The Kier molecular flexibility index (Phi) is 7.91. The van der Waals surface area contributed by atoms with Crippen molar-refractivity contribution in [1.29, 1.82) is 0 Å². The van der Waals surface area contributed by atoms with Crippen molar-refractivity contribution in [3.8, 4) is 0 Å². The average molecular weight is 161 g/mol. The Labute approximate surface area is 69.4 Å². The van der Waals surface area contributed by atoms with Crippen LogP contribution in [0.4, 0.5) is 4.39 Å². The highest BCUT2D eigenvalue weighted by atomic mass is 19.1. The maximum atomic E-state index is 11.6. The third-order valence-corrected chi connectivity index (χ3v) is 2.07. The molecular formula is C9H20FN. The first-order valence-corrected chi connectivity index (χ1v) is 4.61. The maximum absolute atomic E-state index is 11.6. The van der Waals surface area contributed by atoms with Crippen LogP contribution < -0.4 is 5.32 Å². The summed E-state index contributed by atoms with van der Waals surface area (Å²) in [5.41, 5.74) is 0. The summed E-state index contributed by atoms with van der Waals surface area (Å²) >= 11 is 0. The lowest BCUT2D eigenvalue weighted by atomic mass is 10.0. The van der Waals surface area contributed by atoms with E-state index in [2.05, 4.69) is 19.2 Å². The van der Waals surface area contributed by atoms with E-state index in [4.69, 9.17) is 0 Å². The maximum Gasteiger partial charge on any atom is 0.0906 e. The van der Waals surface area contributed by atoms with Gasteiger partial charge in [0.2, 0.25) is 0 Å². The van der Waals surface area contributed by atoms with Crippen molar-refractivity contribution in [2.75, 3.05) is 19.8 Å². The molecule has 0 spiro atoms. The number of alkyl halides is 1. The van der Waals surface area contributed by atoms with E-state index in [9.17, 15) is 4.39 Å². The summed E-state index contributed by atoms with van der Waals surface area (Å²) in [5, 5.41) is 3.25. The second kappa shape index (κ2) is 7.99. The Morgan fingerprint density at radius 3 is 2.36 bits per heavy atom. The van der Waals surface area contributed by atoms with Crippen LogP contribution in [0.5, 0.6) is 0 Å². The number of hydrogen-bond donors (Lipinski definition) is 1. The molecule has 11 heavy (non-hydrogen) atoms. The zero-order chi connectivity index (χ0) is 8.53. The van der Waals surface area contributed by atoms with Gasteiger partial charge < -0.3 is 5.32 Å². The van der Waals surface area contributed by atoms with Crippen LogP contribution in [0, 0.1) is 5.92 Å². The van der Waals surface area contributed by atoms with Crippen LogP contribution in [0.1, 0.15) is 33.1 Å². The van der Waals surface area contributed by atoms with Gasteiger partial charge in [0, 0.05) is 0 Å². The molecule has 0 atom stereocenters. The lowest BCUT2D eigenvalue weighted by Crippen LogP contribution is -2.23. The van der Waals surface area contributed by atoms with Gasteiger partial charge in [0.05, 0.1) is 6.67 Å². The fraction of sp³-hybridized carbons (Fsp3) is 1.00. The monoisotopic (exact) mass is 161 g/mol. The predicted molar refractivity (Wildman–Crippen MR) is 47.5 cm³/mol. The fourth-order valence-electron chi connectivity index (χ4n) is 1.08. The SMILES string of the molecule is CCC(CC)CNCCCF. The highest BCUT2D eigenvalue weighted by Crippen LogP contribution is 2.04. The third-order valence-electron chi connectivity index (χ3n) is 2.07. The van der Waals surface area contributed by atoms with Gasteiger partial charge >= 0.3 is 0 Å². The normalized spacial score (nSPS) is 10.9. The van der Waals surface area contributed by atoms with Crippen LogP contribution >= 0.6 is 0 Å². The Morgan fingerprint density at radius 2 is 1.91 bits per heavy atom. The van der Waals surface area contributed by atoms with Crippen LogP contribution in [0.25, 0.3) is 0 Å². The van der Waals surface area contributed by atoms with E-state index in [0.29, 0.717) is 6.42 Å². The van der Waals surface area contributed by atoms with Gasteiger partial charge in [-0.05, 0) is 25.4 Å². The van der Waals surface area contributed by atoms with Gasteiger partial charge in [-0.25, -0.2) is 0 Å². The smallest absolute Gasteiger partial charge is 0.0906 e. The standard InChI is InChI=1S/C9H20FN/c1-3-9(4-2)8-11-7-5-6-10/h9,11H,3-8H2,1-2H3. The molecule has 0 aromatic rings. The molecule has 0 saturated heterocycles. The van der Waals surface area contributed by atoms with Gasteiger partial charge in [-0.2, -0.15) is 0 Å². The highest BCUT2D eigenvalue weighted by Gasteiger charge is 2.00. The van der Waals surface area contributed by atoms with Gasteiger partial charge in [0.25, 0.3) is 0 Å². The van der Waals surface area contributed by atoms with Crippen molar-refractivity contribution in [3.63, 3.8) is 0 Å². The van der Waals surface area contributed by atoms with Crippen LogP contribution in [-0.2, 0) is 0 Å². The fourth-order valence-corrected chi connectivity index (χ4v) is 1.08. The molecule has 2 heteroatoms. The molecule has 0 amide bonds. The Balaban J connectivity index is 3.07. The lowest BCUT2D eigenvalue weighted by molar-refractivity contribution is 0.420. The van der Waals surface area contributed by atoms with E-state index in [1.807, 2.05) is 0 Å².